The number of carbonyl (C=O) groups is 1. The van der Waals surface area contributed by atoms with Crippen molar-refractivity contribution in [2.45, 2.75) is 5.75 Å². The van der Waals surface area contributed by atoms with Crippen LogP contribution < -0.4 is 4.90 Å². The zero-order valence-corrected chi connectivity index (χ0v) is 16.3. The number of amides is 1. The first-order valence-electron chi connectivity index (χ1n) is 8.62. The van der Waals surface area contributed by atoms with E-state index in [1.807, 2.05) is 29.2 Å². The van der Waals surface area contributed by atoms with Gasteiger partial charge in [0, 0.05) is 54.8 Å². The molecule has 0 N–H and O–H groups in total. The van der Waals surface area contributed by atoms with Crippen LogP contribution in [0.2, 0.25) is 5.02 Å². The number of piperazine rings is 1. The van der Waals surface area contributed by atoms with Crippen LogP contribution in [-0.4, -0.2) is 47.7 Å². The molecular weight excluding hydrogens is 386 g/mol. The highest BCUT2D eigenvalue weighted by atomic mass is 35.5. The number of benzene rings is 2. The molecule has 0 aromatic heterocycles. The third-order valence-electron chi connectivity index (χ3n) is 4.47. The first-order valence-corrected chi connectivity index (χ1v) is 10.2. The summed E-state index contributed by atoms with van der Waals surface area (Å²) in [5.41, 5.74) is 2.19. The van der Waals surface area contributed by atoms with Crippen LogP contribution >= 0.6 is 23.4 Å². The van der Waals surface area contributed by atoms with E-state index in [1.165, 1.54) is 12.1 Å². The highest BCUT2D eigenvalue weighted by Gasteiger charge is 2.21. The minimum absolute atomic E-state index is 0.0882. The fourth-order valence-electron chi connectivity index (χ4n) is 2.93. The maximum absolute atomic E-state index is 12.4. The number of nitro groups is 1. The molecule has 0 radical (unpaired) electrons. The van der Waals surface area contributed by atoms with E-state index in [0.717, 1.165) is 30.1 Å². The summed E-state index contributed by atoms with van der Waals surface area (Å²) in [6.07, 6.45) is 0. The van der Waals surface area contributed by atoms with Crippen molar-refractivity contribution < 1.29 is 9.72 Å². The summed E-state index contributed by atoms with van der Waals surface area (Å²) in [6.45, 7) is 2.78. The SMILES string of the molecule is O=C(CSCc1ccc(Cl)cc1)N1CCN(c2ccc([N+](=O)[O-])cc2)CC1. The fraction of sp³-hybridized carbons (Fsp3) is 0.316. The molecule has 1 saturated heterocycles. The van der Waals surface area contributed by atoms with E-state index in [2.05, 4.69) is 4.90 Å². The second kappa shape index (κ2) is 9.10. The van der Waals surface area contributed by atoms with Crippen LogP contribution in [0.4, 0.5) is 11.4 Å². The quantitative estimate of drug-likeness (QED) is 0.539. The number of anilines is 1. The number of nitrogens with zero attached hydrogens (tertiary/aromatic N) is 3. The zero-order chi connectivity index (χ0) is 19.2. The molecule has 27 heavy (non-hydrogen) atoms. The third-order valence-corrected chi connectivity index (χ3v) is 5.71. The van der Waals surface area contributed by atoms with Gasteiger partial charge < -0.3 is 9.80 Å². The van der Waals surface area contributed by atoms with Crippen LogP contribution in [0.3, 0.4) is 0 Å². The Balaban J connectivity index is 1.43. The lowest BCUT2D eigenvalue weighted by Gasteiger charge is -2.36. The van der Waals surface area contributed by atoms with Gasteiger partial charge in [-0.15, -0.1) is 11.8 Å². The smallest absolute Gasteiger partial charge is 0.269 e. The molecule has 1 aliphatic rings. The minimum atomic E-state index is -0.401. The zero-order valence-electron chi connectivity index (χ0n) is 14.7. The summed E-state index contributed by atoms with van der Waals surface area (Å²) in [5, 5.41) is 11.5. The predicted molar refractivity (Wildman–Crippen MR) is 110 cm³/mol. The number of thioether (sulfide) groups is 1. The average molecular weight is 406 g/mol. The standard InChI is InChI=1S/C19H20ClN3O3S/c20-16-3-1-15(2-4-16)13-27-14-19(24)22-11-9-21(10-12-22)17-5-7-18(8-6-17)23(25)26/h1-8H,9-14H2. The Bertz CT molecular complexity index is 791. The van der Waals surface area contributed by atoms with Crippen molar-refractivity contribution in [1.29, 1.82) is 0 Å². The van der Waals surface area contributed by atoms with E-state index in [4.69, 9.17) is 11.6 Å². The molecule has 1 aliphatic heterocycles. The largest absolute Gasteiger partial charge is 0.368 e. The van der Waals surface area contributed by atoms with Crippen LogP contribution in [0.25, 0.3) is 0 Å². The minimum Gasteiger partial charge on any atom is -0.368 e. The Morgan fingerprint density at radius 3 is 2.26 bits per heavy atom. The number of non-ortho nitro benzene ring substituents is 1. The van der Waals surface area contributed by atoms with E-state index in [0.29, 0.717) is 23.9 Å². The van der Waals surface area contributed by atoms with Gasteiger partial charge in [0.05, 0.1) is 10.7 Å². The molecule has 1 heterocycles. The van der Waals surface area contributed by atoms with Crippen LogP contribution in [0.15, 0.2) is 48.5 Å². The van der Waals surface area contributed by atoms with Crippen LogP contribution in [-0.2, 0) is 10.5 Å². The van der Waals surface area contributed by atoms with E-state index >= 15 is 0 Å². The monoisotopic (exact) mass is 405 g/mol. The number of halogens is 1. The number of carbonyl (C=O) groups excluding carboxylic acids is 1. The molecule has 1 fully saturated rings. The molecule has 0 aliphatic carbocycles. The van der Waals surface area contributed by atoms with Crippen molar-refractivity contribution in [3.05, 3.63) is 69.2 Å². The number of rotatable bonds is 6. The van der Waals surface area contributed by atoms with Crippen molar-refractivity contribution in [2.24, 2.45) is 0 Å². The molecule has 142 valence electrons. The normalized spacial score (nSPS) is 14.3. The maximum atomic E-state index is 12.4. The van der Waals surface area contributed by atoms with Gasteiger partial charge in [-0.05, 0) is 29.8 Å². The molecule has 0 bridgehead atoms. The van der Waals surface area contributed by atoms with Gasteiger partial charge >= 0.3 is 0 Å². The Labute approximate surface area is 167 Å². The fourth-order valence-corrected chi connectivity index (χ4v) is 3.94. The molecule has 6 nitrogen and oxygen atoms in total. The molecule has 0 spiro atoms. The lowest BCUT2D eigenvalue weighted by molar-refractivity contribution is -0.384. The molecular formula is C19H20ClN3O3S. The van der Waals surface area contributed by atoms with Crippen molar-refractivity contribution in [2.75, 3.05) is 36.8 Å². The van der Waals surface area contributed by atoms with Gasteiger partial charge in [0.15, 0.2) is 0 Å². The Hall–Kier alpha value is -2.25. The van der Waals surface area contributed by atoms with E-state index in [1.54, 1.807) is 23.9 Å². The maximum Gasteiger partial charge on any atom is 0.269 e. The van der Waals surface area contributed by atoms with E-state index < -0.39 is 4.92 Å². The Morgan fingerprint density at radius 2 is 1.67 bits per heavy atom. The summed E-state index contributed by atoms with van der Waals surface area (Å²) >= 11 is 7.48. The van der Waals surface area contributed by atoms with Crippen molar-refractivity contribution in [3.8, 4) is 0 Å². The predicted octanol–water partition coefficient (Wildman–Crippen LogP) is 3.83. The first-order chi connectivity index (χ1) is 13.0. The molecule has 0 atom stereocenters. The first kappa shape index (κ1) is 19.5. The van der Waals surface area contributed by atoms with Gasteiger partial charge in [0.1, 0.15) is 0 Å². The van der Waals surface area contributed by atoms with Gasteiger partial charge in [-0.2, -0.15) is 0 Å². The highest BCUT2D eigenvalue weighted by Crippen LogP contribution is 2.21. The summed E-state index contributed by atoms with van der Waals surface area (Å²) in [4.78, 5) is 26.8. The van der Waals surface area contributed by atoms with Gasteiger partial charge in [-0.25, -0.2) is 0 Å². The van der Waals surface area contributed by atoms with Gasteiger partial charge in [-0.3, -0.25) is 14.9 Å². The number of nitro benzene ring substituents is 1. The van der Waals surface area contributed by atoms with E-state index in [9.17, 15) is 14.9 Å². The van der Waals surface area contributed by atoms with Crippen molar-refractivity contribution >= 4 is 40.6 Å². The van der Waals surface area contributed by atoms with Gasteiger partial charge in [0.25, 0.3) is 5.69 Å². The molecule has 2 aromatic carbocycles. The Kier molecular flexibility index (Phi) is 6.58. The lowest BCUT2D eigenvalue weighted by Crippen LogP contribution is -2.49. The van der Waals surface area contributed by atoms with Gasteiger partial charge in [0.2, 0.25) is 5.91 Å². The molecule has 8 heteroatoms. The summed E-state index contributed by atoms with van der Waals surface area (Å²) < 4.78 is 0. The van der Waals surface area contributed by atoms with Crippen LogP contribution in [0.5, 0.6) is 0 Å². The average Bonchev–Trinajstić information content (AvgIpc) is 2.69. The molecule has 0 unspecified atom stereocenters. The number of hydrogen-bond donors (Lipinski definition) is 0. The van der Waals surface area contributed by atoms with E-state index in [-0.39, 0.29) is 11.6 Å². The third kappa shape index (κ3) is 5.37. The second-order valence-corrected chi connectivity index (χ2v) is 7.68. The second-order valence-electron chi connectivity index (χ2n) is 6.26. The van der Waals surface area contributed by atoms with Crippen molar-refractivity contribution in [1.82, 2.24) is 4.90 Å². The summed E-state index contributed by atoms with van der Waals surface area (Å²) in [5.74, 6) is 1.39. The molecule has 3 rings (SSSR count). The summed E-state index contributed by atoms with van der Waals surface area (Å²) in [6, 6.07) is 14.2. The topological polar surface area (TPSA) is 66.7 Å². The molecule has 1 amide bonds. The van der Waals surface area contributed by atoms with Crippen LogP contribution in [0.1, 0.15) is 5.56 Å². The number of hydrogen-bond acceptors (Lipinski definition) is 5. The summed E-state index contributed by atoms with van der Waals surface area (Å²) in [7, 11) is 0. The lowest BCUT2D eigenvalue weighted by atomic mass is 10.2. The Morgan fingerprint density at radius 1 is 1.04 bits per heavy atom. The van der Waals surface area contributed by atoms with Crippen LogP contribution in [0, 0.1) is 10.1 Å². The molecule has 0 saturated carbocycles. The molecule has 2 aromatic rings. The highest BCUT2D eigenvalue weighted by molar-refractivity contribution is 7.99. The van der Waals surface area contributed by atoms with Crippen molar-refractivity contribution in [3.63, 3.8) is 0 Å². The van der Waals surface area contributed by atoms with Gasteiger partial charge in [-0.1, -0.05) is 23.7 Å².